The molecule has 1 aromatic heterocycles. The summed E-state index contributed by atoms with van der Waals surface area (Å²) in [6, 6.07) is 9.59. The third-order valence-corrected chi connectivity index (χ3v) is 4.37. The van der Waals surface area contributed by atoms with Crippen LogP contribution in [-0.4, -0.2) is 35.7 Å². The number of pyridine rings is 1. The average Bonchev–Trinajstić information content (AvgIpc) is 2.71. The van der Waals surface area contributed by atoms with Crippen molar-refractivity contribution in [2.75, 3.05) is 19.7 Å². The number of guanidine groups is 1. The Hall–Kier alpha value is -2.67. The van der Waals surface area contributed by atoms with E-state index in [1.165, 1.54) is 12.1 Å². The molecule has 2 rings (SSSR count). The molecule has 29 heavy (non-hydrogen) atoms. The molecule has 0 spiro atoms. The Morgan fingerprint density at radius 1 is 1.21 bits per heavy atom. The summed E-state index contributed by atoms with van der Waals surface area (Å²) in [6.45, 7) is 6.39. The minimum absolute atomic E-state index is 0.204. The summed E-state index contributed by atoms with van der Waals surface area (Å²) < 4.78 is 18.8. The van der Waals surface area contributed by atoms with E-state index in [-0.39, 0.29) is 12.4 Å². The van der Waals surface area contributed by atoms with Gasteiger partial charge in [0.25, 0.3) is 0 Å². The molecule has 1 heterocycles. The first kappa shape index (κ1) is 22.6. The van der Waals surface area contributed by atoms with Gasteiger partial charge in [-0.3, -0.25) is 0 Å². The van der Waals surface area contributed by atoms with E-state index >= 15 is 0 Å². The van der Waals surface area contributed by atoms with Gasteiger partial charge in [0.2, 0.25) is 5.88 Å². The van der Waals surface area contributed by atoms with Crippen molar-refractivity contribution in [2.45, 2.75) is 39.7 Å². The molecule has 0 aliphatic carbocycles. The Kier molecular flexibility index (Phi) is 9.92. The van der Waals surface area contributed by atoms with Gasteiger partial charge < -0.3 is 20.5 Å². The van der Waals surface area contributed by atoms with Crippen molar-refractivity contribution < 1.29 is 14.2 Å². The van der Waals surface area contributed by atoms with Crippen LogP contribution in [0, 0.1) is 11.7 Å². The second-order valence-corrected chi connectivity index (χ2v) is 6.81. The SMILES string of the molecule is CCCC(CCO)CNC(=NCc1ccc(Oc2cccc(F)c2)nc1)NCC. The molecule has 0 saturated carbocycles. The molecule has 6 nitrogen and oxygen atoms in total. The molecule has 1 aromatic carbocycles. The van der Waals surface area contributed by atoms with Crippen molar-refractivity contribution in [3.8, 4) is 11.6 Å². The van der Waals surface area contributed by atoms with Gasteiger partial charge in [0.1, 0.15) is 11.6 Å². The molecule has 158 valence electrons. The van der Waals surface area contributed by atoms with Crippen LogP contribution in [0.3, 0.4) is 0 Å². The lowest BCUT2D eigenvalue weighted by Crippen LogP contribution is -2.40. The number of hydrogen-bond donors (Lipinski definition) is 3. The number of nitrogens with zero attached hydrogens (tertiary/aromatic N) is 2. The molecule has 3 N–H and O–H groups in total. The van der Waals surface area contributed by atoms with Crippen molar-refractivity contribution in [3.05, 3.63) is 54.0 Å². The molecule has 0 saturated heterocycles. The minimum Gasteiger partial charge on any atom is -0.439 e. The van der Waals surface area contributed by atoms with E-state index in [4.69, 9.17) is 4.74 Å². The molecule has 0 bridgehead atoms. The summed E-state index contributed by atoms with van der Waals surface area (Å²) in [5.74, 6) is 1.63. The fourth-order valence-electron chi connectivity index (χ4n) is 2.91. The number of aliphatic hydroxyl groups is 1. The molecule has 0 aliphatic rings. The van der Waals surface area contributed by atoms with Crippen molar-refractivity contribution in [1.82, 2.24) is 15.6 Å². The van der Waals surface area contributed by atoms with E-state index in [9.17, 15) is 9.50 Å². The Morgan fingerprint density at radius 2 is 2.07 bits per heavy atom. The number of aliphatic imine (C=N–C) groups is 1. The lowest BCUT2D eigenvalue weighted by atomic mass is 10.0. The maximum atomic E-state index is 13.2. The molecular weight excluding hydrogens is 371 g/mol. The van der Waals surface area contributed by atoms with E-state index in [0.717, 1.165) is 43.9 Å². The number of ether oxygens (including phenoxy) is 1. The van der Waals surface area contributed by atoms with Crippen LogP contribution in [-0.2, 0) is 6.54 Å². The molecule has 0 radical (unpaired) electrons. The van der Waals surface area contributed by atoms with Gasteiger partial charge in [-0.25, -0.2) is 14.4 Å². The first-order valence-corrected chi connectivity index (χ1v) is 10.2. The smallest absolute Gasteiger partial charge is 0.219 e. The second kappa shape index (κ2) is 12.7. The number of nitrogens with one attached hydrogen (secondary N) is 2. The summed E-state index contributed by atoms with van der Waals surface area (Å²) in [6.07, 6.45) is 4.66. The zero-order valence-corrected chi connectivity index (χ0v) is 17.2. The van der Waals surface area contributed by atoms with E-state index in [1.807, 2.05) is 13.0 Å². The topological polar surface area (TPSA) is 78.8 Å². The Labute approximate surface area is 172 Å². The Bertz CT molecular complexity index is 747. The van der Waals surface area contributed by atoms with E-state index in [0.29, 0.717) is 24.1 Å². The summed E-state index contributed by atoms with van der Waals surface area (Å²) in [5.41, 5.74) is 0.939. The number of rotatable bonds is 11. The van der Waals surface area contributed by atoms with Crippen LogP contribution in [0.1, 0.15) is 38.7 Å². The van der Waals surface area contributed by atoms with Gasteiger partial charge in [-0.05, 0) is 43.4 Å². The lowest BCUT2D eigenvalue weighted by molar-refractivity contribution is 0.251. The number of halogens is 1. The highest BCUT2D eigenvalue weighted by Gasteiger charge is 2.08. The summed E-state index contributed by atoms with van der Waals surface area (Å²) in [5, 5.41) is 15.8. The first-order valence-electron chi connectivity index (χ1n) is 10.2. The van der Waals surface area contributed by atoms with Crippen LogP contribution in [0.5, 0.6) is 11.6 Å². The van der Waals surface area contributed by atoms with Crippen LogP contribution in [0.2, 0.25) is 0 Å². The van der Waals surface area contributed by atoms with Gasteiger partial charge in [-0.2, -0.15) is 0 Å². The van der Waals surface area contributed by atoms with Crippen LogP contribution in [0.4, 0.5) is 4.39 Å². The molecule has 0 aliphatic heterocycles. The predicted octanol–water partition coefficient (Wildman–Crippen LogP) is 3.87. The van der Waals surface area contributed by atoms with Crippen molar-refractivity contribution in [1.29, 1.82) is 0 Å². The van der Waals surface area contributed by atoms with Gasteiger partial charge in [-0.1, -0.05) is 25.5 Å². The second-order valence-electron chi connectivity index (χ2n) is 6.81. The van der Waals surface area contributed by atoms with Crippen LogP contribution in [0.15, 0.2) is 47.6 Å². The highest BCUT2D eigenvalue weighted by molar-refractivity contribution is 5.79. The van der Waals surface area contributed by atoms with Crippen LogP contribution < -0.4 is 15.4 Å². The van der Waals surface area contributed by atoms with Gasteiger partial charge >= 0.3 is 0 Å². The maximum Gasteiger partial charge on any atom is 0.219 e. The van der Waals surface area contributed by atoms with Crippen molar-refractivity contribution in [3.63, 3.8) is 0 Å². The number of hydrogen-bond acceptors (Lipinski definition) is 4. The largest absolute Gasteiger partial charge is 0.439 e. The fourth-order valence-corrected chi connectivity index (χ4v) is 2.91. The fraction of sp³-hybridized carbons (Fsp3) is 0.455. The first-order chi connectivity index (χ1) is 14.1. The Morgan fingerprint density at radius 3 is 2.72 bits per heavy atom. The summed E-state index contributed by atoms with van der Waals surface area (Å²) in [7, 11) is 0. The van der Waals surface area contributed by atoms with E-state index in [1.54, 1.807) is 24.4 Å². The quantitative estimate of drug-likeness (QED) is 0.393. The maximum absolute atomic E-state index is 13.2. The molecule has 2 aromatic rings. The van der Waals surface area contributed by atoms with Gasteiger partial charge in [0.05, 0.1) is 6.54 Å². The number of aliphatic hydroxyl groups excluding tert-OH is 1. The number of benzene rings is 1. The van der Waals surface area contributed by atoms with E-state index in [2.05, 4.69) is 27.5 Å². The standard InChI is InChI=1S/C22H31FN4O2/c1-3-6-17(11-12-28)14-26-22(24-4-2)27-16-18-9-10-21(25-15-18)29-20-8-5-7-19(23)13-20/h5,7-10,13,15,17,28H,3-4,6,11-12,14,16H2,1-2H3,(H2,24,26,27). The highest BCUT2D eigenvalue weighted by atomic mass is 19.1. The lowest BCUT2D eigenvalue weighted by Gasteiger charge is -2.18. The molecule has 1 unspecified atom stereocenters. The third kappa shape index (κ3) is 8.48. The van der Waals surface area contributed by atoms with Gasteiger partial charge in [0, 0.05) is 38.0 Å². The molecule has 1 atom stereocenters. The van der Waals surface area contributed by atoms with E-state index < -0.39 is 0 Å². The summed E-state index contributed by atoms with van der Waals surface area (Å²) >= 11 is 0. The third-order valence-electron chi connectivity index (χ3n) is 4.37. The monoisotopic (exact) mass is 402 g/mol. The zero-order chi connectivity index (χ0) is 20.9. The summed E-state index contributed by atoms with van der Waals surface area (Å²) in [4.78, 5) is 8.87. The van der Waals surface area contributed by atoms with Crippen molar-refractivity contribution in [2.24, 2.45) is 10.9 Å². The predicted molar refractivity (Wildman–Crippen MR) is 114 cm³/mol. The zero-order valence-electron chi connectivity index (χ0n) is 17.2. The molecular formula is C22H31FN4O2. The van der Waals surface area contributed by atoms with Crippen molar-refractivity contribution >= 4 is 5.96 Å². The van der Waals surface area contributed by atoms with Crippen LogP contribution in [0.25, 0.3) is 0 Å². The average molecular weight is 403 g/mol. The highest BCUT2D eigenvalue weighted by Crippen LogP contribution is 2.20. The van der Waals surface area contributed by atoms with Crippen LogP contribution >= 0.6 is 0 Å². The molecule has 0 amide bonds. The van der Waals surface area contributed by atoms with Gasteiger partial charge in [0.15, 0.2) is 5.96 Å². The normalized spacial score (nSPS) is 12.5. The van der Waals surface area contributed by atoms with Gasteiger partial charge in [-0.15, -0.1) is 0 Å². The minimum atomic E-state index is -0.350. The molecule has 0 fully saturated rings. The molecule has 7 heteroatoms. The number of aromatic nitrogens is 1. The Balaban J connectivity index is 1.92.